The Labute approximate surface area is 155 Å². The predicted octanol–water partition coefficient (Wildman–Crippen LogP) is 3.00. The first kappa shape index (κ1) is 17.8. The van der Waals surface area contributed by atoms with E-state index in [4.69, 9.17) is 4.74 Å². The van der Waals surface area contributed by atoms with Crippen LogP contribution < -0.4 is 14.4 Å². The van der Waals surface area contributed by atoms with Crippen LogP contribution in [0.2, 0.25) is 0 Å². The van der Waals surface area contributed by atoms with Crippen molar-refractivity contribution in [3.05, 3.63) is 53.0 Å². The fourth-order valence-corrected chi connectivity index (χ4v) is 3.96. The van der Waals surface area contributed by atoms with Gasteiger partial charge in [0, 0.05) is 17.4 Å². The molecule has 0 aliphatic carbocycles. The Balaban J connectivity index is 1.86. The van der Waals surface area contributed by atoms with Crippen LogP contribution in [0.15, 0.2) is 53.0 Å². The largest absolute Gasteiger partial charge is 0.478 e. The van der Waals surface area contributed by atoms with E-state index in [9.17, 15) is 13.2 Å². The molecule has 132 valence electrons. The fourth-order valence-electron chi connectivity index (χ4n) is 2.63. The molecule has 0 saturated carbocycles. The average Bonchev–Trinajstić information content (AvgIpc) is 2.76. The van der Waals surface area contributed by atoms with Gasteiger partial charge in [-0.2, -0.15) is 0 Å². The van der Waals surface area contributed by atoms with Gasteiger partial charge in [-0.1, -0.05) is 24.3 Å². The number of fused-ring (bicyclic) bond motifs is 1. The molecule has 6 nitrogen and oxygen atoms in total. The van der Waals surface area contributed by atoms with E-state index in [1.165, 1.54) is 4.31 Å². The van der Waals surface area contributed by atoms with E-state index in [0.717, 1.165) is 10.7 Å². The van der Waals surface area contributed by atoms with Gasteiger partial charge in [0.1, 0.15) is 5.75 Å². The standard InChI is InChI=1S/C17H17BrN2O4S/c1-25(22,23)20-11-10-16(24-15-9-5-4-8-14(15)20)17(21)19-13-7-3-2-6-12(13)18/h2-9,16H,10-11H2,1H3,(H,19,21)/t16-/m1/s1. The minimum absolute atomic E-state index is 0.171. The molecule has 0 radical (unpaired) electrons. The monoisotopic (exact) mass is 424 g/mol. The Morgan fingerprint density at radius 3 is 2.60 bits per heavy atom. The highest BCUT2D eigenvalue weighted by Crippen LogP contribution is 2.34. The molecule has 3 rings (SSSR count). The topological polar surface area (TPSA) is 75.7 Å². The Morgan fingerprint density at radius 2 is 1.88 bits per heavy atom. The Morgan fingerprint density at radius 1 is 1.20 bits per heavy atom. The number of nitrogens with one attached hydrogen (secondary N) is 1. The summed E-state index contributed by atoms with van der Waals surface area (Å²) in [5.74, 6) is 0.0507. The third kappa shape index (κ3) is 3.96. The molecule has 2 aromatic carbocycles. The molecule has 0 spiro atoms. The van der Waals surface area contributed by atoms with E-state index in [0.29, 0.717) is 17.1 Å². The maximum atomic E-state index is 12.6. The normalized spacial score (nSPS) is 17.2. The van der Waals surface area contributed by atoms with Crippen molar-refractivity contribution >= 4 is 43.2 Å². The Bertz CT molecular complexity index is 901. The van der Waals surface area contributed by atoms with Gasteiger partial charge in [-0.25, -0.2) is 8.42 Å². The molecule has 0 saturated heterocycles. The molecule has 0 bridgehead atoms. The average molecular weight is 425 g/mol. The number of amides is 1. The summed E-state index contributed by atoms with van der Waals surface area (Å²) in [5, 5.41) is 2.81. The van der Waals surface area contributed by atoms with E-state index in [2.05, 4.69) is 21.2 Å². The maximum Gasteiger partial charge on any atom is 0.265 e. The molecule has 1 heterocycles. The number of carbonyl (C=O) groups excluding carboxylic acids is 1. The number of sulfonamides is 1. The number of nitrogens with zero attached hydrogens (tertiary/aromatic N) is 1. The lowest BCUT2D eigenvalue weighted by Gasteiger charge is -2.20. The maximum absolute atomic E-state index is 12.6. The van der Waals surface area contributed by atoms with Gasteiger partial charge < -0.3 is 10.1 Å². The summed E-state index contributed by atoms with van der Waals surface area (Å²) in [6, 6.07) is 14.1. The van der Waals surface area contributed by atoms with Gasteiger partial charge in [-0.05, 0) is 40.2 Å². The first-order valence-electron chi connectivity index (χ1n) is 7.65. The van der Waals surface area contributed by atoms with Crippen LogP contribution in [0.5, 0.6) is 5.75 Å². The van der Waals surface area contributed by atoms with Gasteiger partial charge in [0.25, 0.3) is 5.91 Å². The highest BCUT2D eigenvalue weighted by Gasteiger charge is 2.31. The van der Waals surface area contributed by atoms with Crippen molar-refractivity contribution in [3.8, 4) is 5.75 Å². The lowest BCUT2D eigenvalue weighted by Crippen LogP contribution is -2.36. The van der Waals surface area contributed by atoms with Crippen molar-refractivity contribution in [1.82, 2.24) is 0 Å². The SMILES string of the molecule is CS(=O)(=O)N1CC[C@H](C(=O)Nc2ccccc2Br)Oc2ccccc21. The van der Waals surface area contributed by atoms with Gasteiger partial charge >= 0.3 is 0 Å². The third-order valence-electron chi connectivity index (χ3n) is 3.82. The Hall–Kier alpha value is -2.06. The molecule has 1 aliphatic heterocycles. The molecule has 0 aromatic heterocycles. The first-order chi connectivity index (χ1) is 11.9. The summed E-state index contributed by atoms with van der Waals surface area (Å²) in [7, 11) is -3.46. The number of benzene rings is 2. The third-order valence-corrected chi connectivity index (χ3v) is 5.69. The lowest BCUT2D eigenvalue weighted by molar-refractivity contribution is -0.122. The highest BCUT2D eigenvalue weighted by molar-refractivity contribution is 9.10. The minimum atomic E-state index is -3.46. The summed E-state index contributed by atoms with van der Waals surface area (Å²) in [6.45, 7) is 0.171. The van der Waals surface area contributed by atoms with Crippen LogP contribution in [0.4, 0.5) is 11.4 Å². The minimum Gasteiger partial charge on any atom is -0.478 e. The van der Waals surface area contributed by atoms with Crippen molar-refractivity contribution in [1.29, 1.82) is 0 Å². The van der Waals surface area contributed by atoms with E-state index in [1.54, 1.807) is 30.3 Å². The van der Waals surface area contributed by atoms with Crippen LogP contribution in [-0.4, -0.2) is 33.2 Å². The van der Waals surface area contributed by atoms with Gasteiger partial charge in [0.05, 0.1) is 17.6 Å². The Kier molecular flexibility index (Phi) is 5.01. The van der Waals surface area contributed by atoms with Crippen molar-refractivity contribution in [2.24, 2.45) is 0 Å². The van der Waals surface area contributed by atoms with Crippen LogP contribution in [0.1, 0.15) is 6.42 Å². The second-order valence-electron chi connectivity index (χ2n) is 5.67. The smallest absolute Gasteiger partial charge is 0.265 e. The molecule has 1 atom stereocenters. The van der Waals surface area contributed by atoms with Gasteiger partial charge in [-0.3, -0.25) is 9.10 Å². The zero-order chi connectivity index (χ0) is 18.0. The molecule has 0 unspecified atom stereocenters. The number of anilines is 2. The summed E-state index contributed by atoms with van der Waals surface area (Å²) in [6.07, 6.45) is 0.600. The van der Waals surface area contributed by atoms with Gasteiger partial charge in [-0.15, -0.1) is 0 Å². The van der Waals surface area contributed by atoms with Crippen LogP contribution in [0, 0.1) is 0 Å². The van der Waals surface area contributed by atoms with Crippen molar-refractivity contribution in [3.63, 3.8) is 0 Å². The zero-order valence-corrected chi connectivity index (χ0v) is 15.9. The van der Waals surface area contributed by atoms with Crippen LogP contribution >= 0.6 is 15.9 Å². The number of hydrogen-bond donors (Lipinski definition) is 1. The molecule has 8 heteroatoms. The molecule has 1 N–H and O–H groups in total. The fraction of sp³-hybridized carbons (Fsp3) is 0.235. The first-order valence-corrected chi connectivity index (χ1v) is 10.3. The zero-order valence-electron chi connectivity index (χ0n) is 13.5. The predicted molar refractivity (Wildman–Crippen MR) is 100 cm³/mol. The van der Waals surface area contributed by atoms with Crippen molar-refractivity contribution < 1.29 is 17.9 Å². The van der Waals surface area contributed by atoms with Crippen LogP contribution in [0.25, 0.3) is 0 Å². The molecule has 0 fully saturated rings. The van der Waals surface area contributed by atoms with Gasteiger partial charge in [0.15, 0.2) is 6.10 Å². The van der Waals surface area contributed by atoms with E-state index in [1.807, 2.05) is 18.2 Å². The number of carbonyl (C=O) groups is 1. The molecule has 1 amide bonds. The summed E-state index contributed by atoms with van der Waals surface area (Å²) in [5.41, 5.74) is 1.08. The highest BCUT2D eigenvalue weighted by atomic mass is 79.9. The number of ether oxygens (including phenoxy) is 1. The van der Waals surface area contributed by atoms with Gasteiger partial charge in [0.2, 0.25) is 10.0 Å². The second kappa shape index (κ2) is 7.05. The summed E-state index contributed by atoms with van der Waals surface area (Å²) in [4.78, 5) is 12.6. The van der Waals surface area contributed by atoms with Crippen molar-refractivity contribution in [2.75, 3.05) is 22.4 Å². The molecular weight excluding hydrogens is 408 g/mol. The van der Waals surface area contributed by atoms with Crippen molar-refractivity contribution in [2.45, 2.75) is 12.5 Å². The van der Waals surface area contributed by atoms with Crippen LogP contribution in [0.3, 0.4) is 0 Å². The summed E-state index contributed by atoms with van der Waals surface area (Å²) < 4.78 is 32.0. The van der Waals surface area contributed by atoms with E-state index >= 15 is 0 Å². The van der Waals surface area contributed by atoms with Crippen LogP contribution in [-0.2, 0) is 14.8 Å². The quantitative estimate of drug-likeness (QED) is 0.821. The van der Waals surface area contributed by atoms with E-state index in [-0.39, 0.29) is 18.9 Å². The second-order valence-corrected chi connectivity index (χ2v) is 8.43. The number of halogens is 1. The lowest BCUT2D eigenvalue weighted by atomic mass is 10.2. The molecule has 25 heavy (non-hydrogen) atoms. The molecule has 1 aliphatic rings. The number of para-hydroxylation sites is 3. The number of rotatable bonds is 3. The molecule has 2 aromatic rings. The van der Waals surface area contributed by atoms with E-state index < -0.39 is 16.1 Å². The molecular formula is C17H17BrN2O4S. The summed E-state index contributed by atoms with van der Waals surface area (Å²) >= 11 is 3.38. The number of hydrogen-bond acceptors (Lipinski definition) is 4.